The van der Waals surface area contributed by atoms with Gasteiger partial charge in [-0.05, 0) is 11.6 Å². The molecule has 6 nitrogen and oxygen atoms in total. The first-order valence-corrected chi connectivity index (χ1v) is 8.32. The lowest BCUT2D eigenvalue weighted by molar-refractivity contribution is 0.0480. The van der Waals surface area contributed by atoms with E-state index >= 15 is 0 Å². The third-order valence-corrected chi connectivity index (χ3v) is 4.09. The number of pyridine rings is 1. The Bertz CT molecular complexity index is 573. The van der Waals surface area contributed by atoms with E-state index in [4.69, 9.17) is 19.2 Å². The van der Waals surface area contributed by atoms with Crippen LogP contribution in [-0.2, 0) is 26.0 Å². The average Bonchev–Trinajstić information content (AvgIpc) is 2.53. The van der Waals surface area contributed by atoms with Gasteiger partial charge in [0, 0.05) is 44.8 Å². The van der Waals surface area contributed by atoms with Crippen LogP contribution in [0.4, 0.5) is 5.82 Å². The number of methoxy groups -OCH3 is 2. The van der Waals surface area contributed by atoms with E-state index in [0.717, 1.165) is 17.7 Å². The molecule has 0 N–H and O–H groups in total. The van der Waals surface area contributed by atoms with Gasteiger partial charge in [-0.25, -0.2) is 9.78 Å². The van der Waals surface area contributed by atoms with Crippen LogP contribution in [0.5, 0.6) is 0 Å². The lowest BCUT2D eigenvalue weighted by Gasteiger charge is -2.30. The fraction of sp³-hybridized carbons (Fsp3) is 0.667. The molecule has 24 heavy (non-hydrogen) atoms. The second-order valence-electron chi connectivity index (χ2n) is 6.97. The lowest BCUT2D eigenvalue weighted by atomic mass is 9.89. The third kappa shape index (κ3) is 4.24. The van der Waals surface area contributed by atoms with E-state index in [-0.39, 0.29) is 11.4 Å². The molecule has 0 unspecified atom stereocenters. The van der Waals surface area contributed by atoms with Gasteiger partial charge in [0.05, 0.1) is 19.8 Å². The number of ether oxygens (including phenoxy) is 3. The number of esters is 1. The molecule has 1 aromatic rings. The molecule has 1 aliphatic rings. The Labute approximate surface area is 144 Å². The highest BCUT2D eigenvalue weighted by Crippen LogP contribution is 2.31. The maximum Gasteiger partial charge on any atom is 0.342 e. The van der Waals surface area contributed by atoms with E-state index in [9.17, 15) is 4.79 Å². The Hall–Kier alpha value is -1.66. The standard InChI is InChI=1S/C18H28N2O4/c1-18(2,3)14-12-13-6-9-24-17(21)15(13)16(19-14)20(7-10-22-4)8-11-23-5/h12H,6-11H2,1-5H3. The first-order valence-electron chi connectivity index (χ1n) is 8.32. The van der Waals surface area contributed by atoms with Crippen LogP contribution in [0.1, 0.15) is 42.4 Å². The molecule has 1 aromatic heterocycles. The molecule has 0 radical (unpaired) electrons. The topological polar surface area (TPSA) is 60.9 Å². The largest absolute Gasteiger partial charge is 0.462 e. The smallest absolute Gasteiger partial charge is 0.342 e. The minimum Gasteiger partial charge on any atom is -0.462 e. The normalized spacial score (nSPS) is 14.3. The molecule has 0 aliphatic carbocycles. The first kappa shape index (κ1) is 18.7. The fourth-order valence-electron chi connectivity index (χ4n) is 2.67. The predicted octanol–water partition coefficient (Wildman–Crippen LogP) is 2.19. The first-order chi connectivity index (χ1) is 11.4. The lowest BCUT2D eigenvalue weighted by Crippen LogP contribution is -2.35. The number of nitrogens with zero attached hydrogens (tertiary/aromatic N) is 2. The van der Waals surface area contributed by atoms with Gasteiger partial charge in [-0.1, -0.05) is 20.8 Å². The molecule has 0 atom stereocenters. The second-order valence-corrected chi connectivity index (χ2v) is 6.97. The molecule has 1 aliphatic heterocycles. The van der Waals surface area contributed by atoms with Gasteiger partial charge in [-0.3, -0.25) is 0 Å². The Morgan fingerprint density at radius 2 is 1.83 bits per heavy atom. The van der Waals surface area contributed by atoms with Crippen molar-refractivity contribution in [3.05, 3.63) is 22.9 Å². The highest BCUT2D eigenvalue weighted by molar-refractivity contribution is 5.97. The highest BCUT2D eigenvalue weighted by Gasteiger charge is 2.29. The van der Waals surface area contributed by atoms with E-state index in [1.54, 1.807) is 14.2 Å². The summed E-state index contributed by atoms with van der Waals surface area (Å²) in [6.45, 7) is 9.18. The Morgan fingerprint density at radius 1 is 1.21 bits per heavy atom. The van der Waals surface area contributed by atoms with Crippen LogP contribution in [0, 0.1) is 0 Å². The van der Waals surface area contributed by atoms with E-state index in [1.807, 2.05) is 11.0 Å². The quantitative estimate of drug-likeness (QED) is 0.711. The van der Waals surface area contributed by atoms with Gasteiger partial charge in [0.2, 0.25) is 0 Å². The summed E-state index contributed by atoms with van der Waals surface area (Å²) in [6.07, 6.45) is 0.724. The van der Waals surface area contributed by atoms with Crippen molar-refractivity contribution in [2.45, 2.75) is 32.6 Å². The van der Waals surface area contributed by atoms with Gasteiger partial charge >= 0.3 is 5.97 Å². The summed E-state index contributed by atoms with van der Waals surface area (Å²) in [7, 11) is 3.33. The zero-order valence-corrected chi connectivity index (χ0v) is 15.3. The Balaban J connectivity index is 2.52. The van der Waals surface area contributed by atoms with Gasteiger partial charge in [0.15, 0.2) is 0 Å². The number of rotatable bonds is 7. The third-order valence-electron chi connectivity index (χ3n) is 4.09. The average molecular weight is 336 g/mol. The highest BCUT2D eigenvalue weighted by atomic mass is 16.5. The van der Waals surface area contributed by atoms with Crippen molar-refractivity contribution < 1.29 is 19.0 Å². The molecule has 0 amide bonds. The van der Waals surface area contributed by atoms with Gasteiger partial charge in [-0.15, -0.1) is 0 Å². The molecule has 2 heterocycles. The zero-order chi connectivity index (χ0) is 17.7. The molecular formula is C18H28N2O4. The number of carbonyl (C=O) groups is 1. The molecule has 0 saturated heterocycles. The van der Waals surface area contributed by atoms with E-state index < -0.39 is 0 Å². The minimum absolute atomic E-state index is 0.0979. The second kappa shape index (κ2) is 7.94. The number of aromatic nitrogens is 1. The van der Waals surface area contributed by atoms with Gasteiger partial charge in [0.25, 0.3) is 0 Å². The summed E-state index contributed by atoms with van der Waals surface area (Å²) in [5.41, 5.74) is 2.48. The van der Waals surface area contributed by atoms with Crippen molar-refractivity contribution in [1.82, 2.24) is 4.98 Å². The number of hydrogen-bond acceptors (Lipinski definition) is 6. The van der Waals surface area contributed by atoms with Crippen LogP contribution in [0.2, 0.25) is 0 Å². The molecule has 0 fully saturated rings. The maximum atomic E-state index is 12.4. The number of cyclic esters (lactones) is 1. The summed E-state index contributed by atoms with van der Waals surface area (Å²) < 4.78 is 15.7. The van der Waals surface area contributed by atoms with Crippen molar-refractivity contribution in [3.8, 4) is 0 Å². The van der Waals surface area contributed by atoms with Crippen LogP contribution in [0.25, 0.3) is 0 Å². The summed E-state index contributed by atoms with van der Waals surface area (Å²) in [4.78, 5) is 19.2. The van der Waals surface area contributed by atoms with E-state index in [0.29, 0.717) is 44.3 Å². The van der Waals surface area contributed by atoms with Crippen LogP contribution < -0.4 is 4.90 Å². The minimum atomic E-state index is -0.293. The van der Waals surface area contributed by atoms with Crippen LogP contribution in [0.15, 0.2) is 6.07 Å². The number of carbonyl (C=O) groups excluding carboxylic acids is 1. The summed E-state index contributed by atoms with van der Waals surface area (Å²) >= 11 is 0. The number of anilines is 1. The van der Waals surface area contributed by atoms with Crippen molar-refractivity contribution in [2.75, 3.05) is 52.0 Å². The fourth-order valence-corrected chi connectivity index (χ4v) is 2.67. The SMILES string of the molecule is COCCN(CCOC)c1nc(C(C)(C)C)cc2c1C(=O)OCC2. The monoisotopic (exact) mass is 336 g/mol. The molecule has 6 heteroatoms. The molecular weight excluding hydrogens is 308 g/mol. The molecule has 2 rings (SSSR count). The summed E-state index contributed by atoms with van der Waals surface area (Å²) in [6, 6.07) is 2.05. The molecule has 0 spiro atoms. The predicted molar refractivity (Wildman–Crippen MR) is 92.9 cm³/mol. The van der Waals surface area contributed by atoms with Crippen molar-refractivity contribution in [3.63, 3.8) is 0 Å². The van der Waals surface area contributed by atoms with E-state index in [1.165, 1.54) is 0 Å². The summed E-state index contributed by atoms with van der Waals surface area (Å²) in [5.74, 6) is 0.385. The van der Waals surface area contributed by atoms with Crippen LogP contribution in [-0.4, -0.2) is 58.1 Å². The number of fused-ring (bicyclic) bond motifs is 1. The molecule has 134 valence electrons. The molecule has 0 aromatic carbocycles. The Kier molecular flexibility index (Phi) is 6.18. The van der Waals surface area contributed by atoms with Crippen molar-refractivity contribution in [1.29, 1.82) is 0 Å². The Morgan fingerprint density at radius 3 is 2.38 bits per heavy atom. The van der Waals surface area contributed by atoms with Crippen molar-refractivity contribution >= 4 is 11.8 Å². The van der Waals surface area contributed by atoms with Gasteiger partial charge in [-0.2, -0.15) is 0 Å². The van der Waals surface area contributed by atoms with Crippen LogP contribution >= 0.6 is 0 Å². The molecule has 0 bridgehead atoms. The van der Waals surface area contributed by atoms with Gasteiger partial charge in [0.1, 0.15) is 11.4 Å². The maximum absolute atomic E-state index is 12.4. The van der Waals surface area contributed by atoms with Crippen LogP contribution in [0.3, 0.4) is 0 Å². The van der Waals surface area contributed by atoms with E-state index in [2.05, 4.69) is 20.8 Å². The molecule has 0 saturated carbocycles. The summed E-state index contributed by atoms with van der Waals surface area (Å²) in [5, 5.41) is 0. The zero-order valence-electron chi connectivity index (χ0n) is 15.3. The number of hydrogen-bond donors (Lipinski definition) is 0. The van der Waals surface area contributed by atoms with Crippen molar-refractivity contribution in [2.24, 2.45) is 0 Å². The van der Waals surface area contributed by atoms with Gasteiger partial charge < -0.3 is 19.1 Å².